The van der Waals surface area contributed by atoms with Gasteiger partial charge in [0.1, 0.15) is 0 Å². The van der Waals surface area contributed by atoms with Crippen molar-refractivity contribution in [2.45, 2.75) is 26.2 Å². The highest BCUT2D eigenvalue weighted by Gasteiger charge is 2.06. The molecule has 0 aliphatic rings. The predicted octanol–water partition coefficient (Wildman–Crippen LogP) is 4.24. The standard InChI is InChI=1S/C17H18O/c1-13(2)15-10-8-14(9-11-15)12-17(18)16-6-4-3-5-7-16/h3-11,13H,12H2,1-2H3. The van der Waals surface area contributed by atoms with E-state index in [0.29, 0.717) is 12.3 Å². The van der Waals surface area contributed by atoms with E-state index in [-0.39, 0.29) is 5.78 Å². The summed E-state index contributed by atoms with van der Waals surface area (Å²) in [5.41, 5.74) is 3.17. The summed E-state index contributed by atoms with van der Waals surface area (Å²) in [6, 6.07) is 17.8. The third kappa shape index (κ3) is 3.07. The Bertz CT molecular complexity index is 509. The molecule has 0 atom stereocenters. The van der Waals surface area contributed by atoms with Gasteiger partial charge in [-0.1, -0.05) is 68.4 Å². The molecule has 0 unspecified atom stereocenters. The zero-order valence-electron chi connectivity index (χ0n) is 10.9. The van der Waals surface area contributed by atoms with E-state index in [2.05, 4.69) is 38.1 Å². The van der Waals surface area contributed by atoms with Crippen molar-refractivity contribution >= 4 is 5.78 Å². The first kappa shape index (κ1) is 12.6. The lowest BCUT2D eigenvalue weighted by molar-refractivity contribution is 0.0993. The van der Waals surface area contributed by atoms with Crippen LogP contribution in [0.2, 0.25) is 0 Å². The summed E-state index contributed by atoms with van der Waals surface area (Å²) in [4.78, 5) is 12.0. The Kier molecular flexibility index (Phi) is 3.93. The number of Topliss-reactive ketones (excluding diaryl/α,β-unsaturated/α-hetero) is 1. The van der Waals surface area contributed by atoms with Gasteiger partial charge in [-0.05, 0) is 17.0 Å². The van der Waals surface area contributed by atoms with Gasteiger partial charge in [0.2, 0.25) is 0 Å². The molecule has 18 heavy (non-hydrogen) atoms. The molecule has 0 saturated heterocycles. The maximum atomic E-state index is 12.0. The van der Waals surface area contributed by atoms with Gasteiger partial charge in [0.25, 0.3) is 0 Å². The summed E-state index contributed by atoms with van der Waals surface area (Å²) in [5, 5.41) is 0. The quantitative estimate of drug-likeness (QED) is 0.728. The van der Waals surface area contributed by atoms with Gasteiger partial charge >= 0.3 is 0 Å². The van der Waals surface area contributed by atoms with Gasteiger partial charge in [-0.3, -0.25) is 4.79 Å². The Hall–Kier alpha value is -1.89. The van der Waals surface area contributed by atoms with Crippen LogP contribution in [0.3, 0.4) is 0 Å². The molecule has 0 heterocycles. The lowest BCUT2D eigenvalue weighted by Gasteiger charge is -2.06. The van der Waals surface area contributed by atoms with Gasteiger partial charge in [0.05, 0.1) is 0 Å². The largest absolute Gasteiger partial charge is 0.294 e. The van der Waals surface area contributed by atoms with Crippen molar-refractivity contribution in [1.82, 2.24) is 0 Å². The lowest BCUT2D eigenvalue weighted by atomic mass is 9.98. The van der Waals surface area contributed by atoms with Crippen molar-refractivity contribution in [3.8, 4) is 0 Å². The molecule has 0 aromatic heterocycles. The van der Waals surface area contributed by atoms with E-state index in [1.54, 1.807) is 0 Å². The molecule has 92 valence electrons. The summed E-state index contributed by atoms with van der Waals surface area (Å²) in [6.45, 7) is 4.34. The van der Waals surface area contributed by atoms with Gasteiger partial charge in [0.15, 0.2) is 5.78 Å². The smallest absolute Gasteiger partial charge is 0.167 e. The molecule has 0 radical (unpaired) electrons. The van der Waals surface area contributed by atoms with Gasteiger partial charge in [-0.2, -0.15) is 0 Å². The molecule has 2 aromatic rings. The molecule has 0 fully saturated rings. The second-order valence-corrected chi connectivity index (χ2v) is 4.86. The number of hydrogen-bond donors (Lipinski definition) is 0. The molecule has 1 nitrogen and oxygen atoms in total. The van der Waals surface area contributed by atoms with Crippen LogP contribution >= 0.6 is 0 Å². The van der Waals surface area contributed by atoms with Crippen LogP contribution in [0.1, 0.15) is 41.3 Å². The van der Waals surface area contributed by atoms with Gasteiger partial charge < -0.3 is 0 Å². The molecule has 0 amide bonds. The van der Waals surface area contributed by atoms with Gasteiger partial charge in [-0.15, -0.1) is 0 Å². The fourth-order valence-electron chi connectivity index (χ4n) is 1.93. The molecule has 0 spiro atoms. The van der Waals surface area contributed by atoms with Crippen LogP contribution in [-0.4, -0.2) is 5.78 Å². The maximum Gasteiger partial charge on any atom is 0.167 e. The van der Waals surface area contributed by atoms with Gasteiger partial charge in [0, 0.05) is 12.0 Å². The van der Waals surface area contributed by atoms with Crippen LogP contribution in [0.5, 0.6) is 0 Å². The van der Waals surface area contributed by atoms with E-state index in [4.69, 9.17) is 0 Å². The van der Waals surface area contributed by atoms with E-state index in [0.717, 1.165) is 11.1 Å². The van der Waals surface area contributed by atoms with Crippen molar-refractivity contribution in [2.24, 2.45) is 0 Å². The van der Waals surface area contributed by atoms with Crippen molar-refractivity contribution in [2.75, 3.05) is 0 Å². The summed E-state index contributed by atoms with van der Waals surface area (Å²) in [6.07, 6.45) is 0.475. The average molecular weight is 238 g/mol. The van der Waals surface area contributed by atoms with Crippen LogP contribution in [0.15, 0.2) is 54.6 Å². The third-order valence-electron chi connectivity index (χ3n) is 3.11. The fraction of sp³-hybridized carbons (Fsp3) is 0.235. The van der Waals surface area contributed by atoms with Crippen LogP contribution in [-0.2, 0) is 6.42 Å². The summed E-state index contributed by atoms with van der Waals surface area (Å²) < 4.78 is 0. The minimum Gasteiger partial charge on any atom is -0.294 e. The monoisotopic (exact) mass is 238 g/mol. The highest BCUT2D eigenvalue weighted by Crippen LogP contribution is 2.15. The molecular weight excluding hydrogens is 220 g/mol. The van der Waals surface area contributed by atoms with Crippen LogP contribution in [0.4, 0.5) is 0 Å². The Morgan fingerprint density at radius 1 is 0.944 bits per heavy atom. The normalized spacial score (nSPS) is 10.6. The summed E-state index contributed by atoms with van der Waals surface area (Å²) >= 11 is 0. The predicted molar refractivity (Wildman–Crippen MR) is 75.0 cm³/mol. The second kappa shape index (κ2) is 5.63. The van der Waals surface area contributed by atoms with Crippen LogP contribution < -0.4 is 0 Å². The maximum absolute atomic E-state index is 12.0. The highest BCUT2D eigenvalue weighted by molar-refractivity contribution is 5.97. The Labute approximate surface area is 108 Å². The molecule has 0 N–H and O–H groups in total. The fourth-order valence-corrected chi connectivity index (χ4v) is 1.93. The number of benzene rings is 2. The molecule has 0 aliphatic heterocycles. The molecule has 1 heteroatoms. The molecule has 0 aliphatic carbocycles. The Morgan fingerprint density at radius 3 is 2.11 bits per heavy atom. The zero-order valence-corrected chi connectivity index (χ0v) is 10.9. The zero-order chi connectivity index (χ0) is 13.0. The topological polar surface area (TPSA) is 17.1 Å². The minimum atomic E-state index is 0.174. The van der Waals surface area contributed by atoms with E-state index in [9.17, 15) is 4.79 Å². The van der Waals surface area contributed by atoms with E-state index in [1.165, 1.54) is 5.56 Å². The molecular formula is C17H18O. The number of ketones is 1. The highest BCUT2D eigenvalue weighted by atomic mass is 16.1. The van der Waals surface area contributed by atoms with Crippen molar-refractivity contribution in [3.63, 3.8) is 0 Å². The van der Waals surface area contributed by atoms with Crippen LogP contribution in [0.25, 0.3) is 0 Å². The summed E-state index contributed by atoms with van der Waals surface area (Å²) in [5.74, 6) is 0.705. The summed E-state index contributed by atoms with van der Waals surface area (Å²) in [7, 11) is 0. The Balaban J connectivity index is 2.08. The van der Waals surface area contributed by atoms with Gasteiger partial charge in [-0.25, -0.2) is 0 Å². The first-order valence-corrected chi connectivity index (χ1v) is 6.34. The van der Waals surface area contributed by atoms with E-state index in [1.807, 2.05) is 30.3 Å². The average Bonchev–Trinajstić information content (AvgIpc) is 2.40. The van der Waals surface area contributed by atoms with E-state index >= 15 is 0 Å². The molecule has 2 aromatic carbocycles. The SMILES string of the molecule is CC(C)c1ccc(CC(=O)c2ccccc2)cc1. The molecule has 0 bridgehead atoms. The number of carbonyl (C=O) groups is 1. The van der Waals surface area contributed by atoms with Crippen molar-refractivity contribution in [1.29, 1.82) is 0 Å². The van der Waals surface area contributed by atoms with Crippen molar-refractivity contribution in [3.05, 3.63) is 71.3 Å². The number of rotatable bonds is 4. The van der Waals surface area contributed by atoms with E-state index < -0.39 is 0 Å². The molecule has 0 saturated carbocycles. The second-order valence-electron chi connectivity index (χ2n) is 4.86. The molecule has 2 rings (SSSR count). The Morgan fingerprint density at radius 2 is 1.56 bits per heavy atom. The lowest BCUT2D eigenvalue weighted by Crippen LogP contribution is -2.03. The first-order chi connectivity index (χ1) is 8.66. The third-order valence-corrected chi connectivity index (χ3v) is 3.11. The first-order valence-electron chi connectivity index (χ1n) is 6.34. The number of carbonyl (C=O) groups excluding carboxylic acids is 1. The van der Waals surface area contributed by atoms with Crippen molar-refractivity contribution < 1.29 is 4.79 Å². The number of hydrogen-bond acceptors (Lipinski definition) is 1. The van der Waals surface area contributed by atoms with Crippen LogP contribution in [0, 0.1) is 0 Å². The minimum absolute atomic E-state index is 0.174.